The average molecular weight is 350 g/mol. The SMILES string of the molecule is CCCCCCCCCCCCOC(=O)/C=C/C(O)S(=O)(=O)O. The summed E-state index contributed by atoms with van der Waals surface area (Å²) in [6, 6.07) is 0. The van der Waals surface area contributed by atoms with Crippen molar-refractivity contribution in [2.24, 2.45) is 0 Å². The summed E-state index contributed by atoms with van der Waals surface area (Å²) in [5.74, 6) is -0.733. The Labute approximate surface area is 139 Å². The van der Waals surface area contributed by atoms with Crippen molar-refractivity contribution in [2.75, 3.05) is 6.61 Å². The first-order valence-electron chi connectivity index (χ1n) is 8.37. The molecule has 0 saturated heterocycles. The zero-order valence-electron chi connectivity index (χ0n) is 13.9. The Morgan fingerprint density at radius 3 is 1.96 bits per heavy atom. The van der Waals surface area contributed by atoms with E-state index < -0.39 is 21.5 Å². The summed E-state index contributed by atoms with van der Waals surface area (Å²) >= 11 is 0. The van der Waals surface area contributed by atoms with Gasteiger partial charge in [-0.2, -0.15) is 8.42 Å². The van der Waals surface area contributed by atoms with E-state index in [1.807, 2.05) is 0 Å². The van der Waals surface area contributed by atoms with Gasteiger partial charge in [0.05, 0.1) is 6.61 Å². The zero-order valence-corrected chi connectivity index (χ0v) is 14.8. The van der Waals surface area contributed by atoms with Crippen LogP contribution in [-0.4, -0.2) is 36.1 Å². The van der Waals surface area contributed by atoms with Gasteiger partial charge in [-0.05, 0) is 12.5 Å². The van der Waals surface area contributed by atoms with Crippen molar-refractivity contribution in [1.29, 1.82) is 0 Å². The topological polar surface area (TPSA) is 101 Å². The minimum Gasteiger partial charge on any atom is -0.463 e. The number of unbranched alkanes of at least 4 members (excludes halogenated alkanes) is 9. The van der Waals surface area contributed by atoms with E-state index >= 15 is 0 Å². The Balaban J connectivity index is 3.48. The maximum Gasteiger partial charge on any atom is 0.330 e. The van der Waals surface area contributed by atoms with Crippen LogP contribution in [0, 0.1) is 0 Å². The van der Waals surface area contributed by atoms with Gasteiger partial charge < -0.3 is 9.84 Å². The number of carbonyl (C=O) groups excluding carboxylic acids is 1. The largest absolute Gasteiger partial charge is 0.463 e. The maximum atomic E-state index is 11.2. The highest BCUT2D eigenvalue weighted by molar-refractivity contribution is 7.86. The summed E-state index contributed by atoms with van der Waals surface area (Å²) in [4.78, 5) is 11.2. The minimum atomic E-state index is -4.58. The number of rotatable bonds is 14. The molecule has 0 spiro atoms. The van der Waals surface area contributed by atoms with Crippen LogP contribution in [0.25, 0.3) is 0 Å². The predicted octanol–water partition coefficient (Wildman–Crippen LogP) is 3.21. The smallest absolute Gasteiger partial charge is 0.330 e. The Hall–Kier alpha value is -0.920. The first-order valence-corrected chi connectivity index (χ1v) is 9.87. The van der Waals surface area contributed by atoms with E-state index in [2.05, 4.69) is 6.92 Å². The zero-order chi connectivity index (χ0) is 17.6. The van der Waals surface area contributed by atoms with Gasteiger partial charge in [0.15, 0.2) is 5.44 Å². The molecule has 136 valence electrons. The van der Waals surface area contributed by atoms with Gasteiger partial charge in [-0.25, -0.2) is 4.79 Å². The molecule has 0 aromatic heterocycles. The molecular formula is C16H30O6S. The molecular weight excluding hydrogens is 320 g/mol. The van der Waals surface area contributed by atoms with Gasteiger partial charge in [0.25, 0.3) is 10.1 Å². The van der Waals surface area contributed by atoms with E-state index in [-0.39, 0.29) is 6.61 Å². The van der Waals surface area contributed by atoms with Crippen molar-refractivity contribution in [3.63, 3.8) is 0 Å². The van der Waals surface area contributed by atoms with E-state index in [1.54, 1.807) is 0 Å². The Bertz CT molecular complexity index is 430. The number of ether oxygens (including phenoxy) is 1. The highest BCUT2D eigenvalue weighted by Gasteiger charge is 2.15. The predicted molar refractivity (Wildman–Crippen MR) is 89.5 cm³/mol. The van der Waals surface area contributed by atoms with Crippen LogP contribution in [0.4, 0.5) is 0 Å². The number of aliphatic hydroxyl groups excluding tert-OH is 1. The number of hydrogen-bond donors (Lipinski definition) is 2. The molecule has 23 heavy (non-hydrogen) atoms. The number of esters is 1. The van der Waals surface area contributed by atoms with Gasteiger partial charge in [-0.3, -0.25) is 4.55 Å². The van der Waals surface area contributed by atoms with Crippen LogP contribution in [0.3, 0.4) is 0 Å². The lowest BCUT2D eigenvalue weighted by atomic mass is 10.1. The second kappa shape index (κ2) is 13.5. The molecule has 0 radical (unpaired) electrons. The normalized spacial score (nSPS) is 13.3. The van der Waals surface area contributed by atoms with Gasteiger partial charge in [-0.15, -0.1) is 0 Å². The molecule has 0 aliphatic heterocycles. The fourth-order valence-electron chi connectivity index (χ4n) is 2.07. The Morgan fingerprint density at radius 1 is 1.00 bits per heavy atom. The molecule has 0 aliphatic rings. The van der Waals surface area contributed by atoms with Crippen LogP contribution in [-0.2, 0) is 19.6 Å². The van der Waals surface area contributed by atoms with Crippen LogP contribution in [0.2, 0.25) is 0 Å². The van der Waals surface area contributed by atoms with E-state index in [1.165, 1.54) is 44.9 Å². The second-order valence-electron chi connectivity index (χ2n) is 5.61. The number of aliphatic hydroxyl groups is 1. The fraction of sp³-hybridized carbons (Fsp3) is 0.812. The van der Waals surface area contributed by atoms with Crippen molar-refractivity contribution < 1.29 is 27.6 Å². The fourth-order valence-corrected chi connectivity index (χ4v) is 2.35. The summed E-state index contributed by atoms with van der Waals surface area (Å²) in [6.45, 7) is 2.47. The first-order chi connectivity index (χ1) is 10.9. The lowest BCUT2D eigenvalue weighted by Crippen LogP contribution is -2.17. The van der Waals surface area contributed by atoms with Crippen LogP contribution in [0.15, 0.2) is 12.2 Å². The maximum absolute atomic E-state index is 11.2. The van der Waals surface area contributed by atoms with Crippen LogP contribution < -0.4 is 0 Å². The quantitative estimate of drug-likeness (QED) is 0.216. The molecule has 0 fully saturated rings. The van der Waals surface area contributed by atoms with Crippen molar-refractivity contribution in [3.05, 3.63) is 12.2 Å². The van der Waals surface area contributed by atoms with Gasteiger partial charge in [0.2, 0.25) is 0 Å². The molecule has 0 saturated carbocycles. The molecule has 6 nitrogen and oxygen atoms in total. The summed E-state index contributed by atoms with van der Waals surface area (Å²) in [5, 5.41) is 8.96. The van der Waals surface area contributed by atoms with Crippen molar-refractivity contribution in [2.45, 2.75) is 76.6 Å². The van der Waals surface area contributed by atoms with Gasteiger partial charge in [0, 0.05) is 6.08 Å². The molecule has 1 atom stereocenters. The van der Waals surface area contributed by atoms with Crippen LogP contribution in [0.1, 0.15) is 71.1 Å². The molecule has 0 amide bonds. The van der Waals surface area contributed by atoms with Gasteiger partial charge in [-0.1, -0.05) is 64.7 Å². The van der Waals surface area contributed by atoms with E-state index in [9.17, 15) is 13.2 Å². The Morgan fingerprint density at radius 2 is 1.48 bits per heavy atom. The molecule has 2 N–H and O–H groups in total. The summed E-state index contributed by atoms with van der Waals surface area (Å²) in [7, 11) is -4.58. The molecule has 1 unspecified atom stereocenters. The lowest BCUT2D eigenvalue weighted by Gasteiger charge is -2.04. The molecule has 0 bridgehead atoms. The van der Waals surface area contributed by atoms with Crippen molar-refractivity contribution >= 4 is 16.1 Å². The molecule has 0 aliphatic carbocycles. The first kappa shape index (κ1) is 22.1. The van der Waals surface area contributed by atoms with E-state index in [4.69, 9.17) is 14.4 Å². The van der Waals surface area contributed by atoms with Crippen molar-refractivity contribution in [1.82, 2.24) is 0 Å². The van der Waals surface area contributed by atoms with Crippen LogP contribution in [0.5, 0.6) is 0 Å². The van der Waals surface area contributed by atoms with Gasteiger partial charge >= 0.3 is 5.97 Å². The number of carbonyl (C=O) groups is 1. The van der Waals surface area contributed by atoms with Gasteiger partial charge in [0.1, 0.15) is 0 Å². The average Bonchev–Trinajstić information content (AvgIpc) is 2.49. The summed E-state index contributed by atoms with van der Waals surface area (Å²) in [5.41, 5.74) is -2.10. The molecule has 0 aromatic rings. The minimum absolute atomic E-state index is 0.266. The Kier molecular flexibility index (Phi) is 13.0. The molecule has 0 heterocycles. The lowest BCUT2D eigenvalue weighted by molar-refractivity contribution is -0.137. The third-order valence-electron chi connectivity index (χ3n) is 3.44. The third-order valence-corrected chi connectivity index (χ3v) is 4.21. The summed E-state index contributed by atoms with van der Waals surface area (Å²) < 4.78 is 34.4. The third kappa shape index (κ3) is 14.4. The monoisotopic (exact) mass is 350 g/mol. The highest BCUT2D eigenvalue weighted by atomic mass is 32.2. The summed E-state index contributed by atoms with van der Waals surface area (Å²) in [6.07, 6.45) is 13.3. The standard InChI is InChI=1S/C16H30O6S/c1-2-3-4-5-6-7-8-9-10-11-14-22-15(17)12-13-16(18)23(19,20)21/h12-13,16,18H,2-11,14H2,1H3,(H,19,20,21)/b13-12+. The van der Waals surface area contributed by atoms with E-state index in [0.29, 0.717) is 6.08 Å². The molecule has 7 heteroatoms. The molecule has 0 rings (SSSR count). The second-order valence-corrected chi connectivity index (χ2v) is 7.13. The van der Waals surface area contributed by atoms with Crippen molar-refractivity contribution in [3.8, 4) is 0 Å². The highest BCUT2D eigenvalue weighted by Crippen LogP contribution is 2.10. The van der Waals surface area contributed by atoms with E-state index in [0.717, 1.165) is 25.3 Å². The molecule has 0 aromatic carbocycles. The number of hydrogen-bond acceptors (Lipinski definition) is 5. The van der Waals surface area contributed by atoms with Crippen LogP contribution >= 0.6 is 0 Å².